The first-order chi connectivity index (χ1) is 15.0. The molecular weight excluding hydrogens is 394 g/mol. The van der Waals surface area contributed by atoms with Gasteiger partial charge in [-0.2, -0.15) is 5.10 Å². The molecule has 0 spiro atoms. The van der Waals surface area contributed by atoms with Crippen molar-refractivity contribution < 1.29 is 14.3 Å². The van der Waals surface area contributed by atoms with Crippen molar-refractivity contribution in [1.82, 2.24) is 19.6 Å². The molecule has 0 bridgehead atoms. The number of anilines is 1. The summed E-state index contributed by atoms with van der Waals surface area (Å²) in [7, 11) is 0. The van der Waals surface area contributed by atoms with Crippen LogP contribution in [0.5, 0.6) is 0 Å². The highest BCUT2D eigenvalue weighted by Gasteiger charge is 2.33. The standard InChI is InChI=1S/C23H31N5O3/c1-17-4-6-19(7-5-17)28-23(24)20(15-25-28)22(30)18-8-10-27(16-18)21(29)3-2-9-26-11-13-31-14-12-26/h4-7,15,18H,2-3,8-14,16,24H2,1H3. The van der Waals surface area contributed by atoms with Crippen LogP contribution in [0.4, 0.5) is 5.82 Å². The summed E-state index contributed by atoms with van der Waals surface area (Å²) >= 11 is 0. The topological polar surface area (TPSA) is 93.7 Å². The number of nitrogens with two attached hydrogens (primary N) is 1. The molecule has 2 fully saturated rings. The lowest BCUT2D eigenvalue weighted by atomic mass is 9.98. The lowest BCUT2D eigenvalue weighted by molar-refractivity contribution is -0.130. The minimum absolute atomic E-state index is 0.0283. The number of likely N-dealkylation sites (tertiary alicyclic amines) is 1. The van der Waals surface area contributed by atoms with Crippen LogP contribution >= 0.6 is 0 Å². The minimum Gasteiger partial charge on any atom is -0.383 e. The molecule has 1 amide bonds. The number of aryl methyl sites for hydroxylation is 1. The largest absolute Gasteiger partial charge is 0.383 e. The molecule has 0 radical (unpaired) electrons. The Balaban J connectivity index is 1.31. The maximum atomic E-state index is 13.1. The van der Waals surface area contributed by atoms with Crippen LogP contribution in [0.15, 0.2) is 30.5 Å². The number of benzene rings is 1. The van der Waals surface area contributed by atoms with Crippen LogP contribution in [0.1, 0.15) is 35.2 Å². The SMILES string of the molecule is Cc1ccc(-n2ncc(C(=O)C3CCN(C(=O)CCCN4CCOCC4)C3)c2N)cc1. The zero-order valence-electron chi connectivity index (χ0n) is 18.1. The summed E-state index contributed by atoms with van der Waals surface area (Å²) < 4.78 is 6.95. The summed E-state index contributed by atoms with van der Waals surface area (Å²) in [4.78, 5) is 29.8. The van der Waals surface area contributed by atoms with Crippen LogP contribution < -0.4 is 5.73 Å². The van der Waals surface area contributed by atoms with Gasteiger partial charge in [-0.15, -0.1) is 0 Å². The van der Waals surface area contributed by atoms with Crippen molar-refractivity contribution in [3.05, 3.63) is 41.6 Å². The normalized spacial score (nSPS) is 19.6. The summed E-state index contributed by atoms with van der Waals surface area (Å²) in [6.07, 6.45) is 3.57. The Morgan fingerprint density at radius 3 is 2.65 bits per heavy atom. The number of carbonyl (C=O) groups is 2. The molecule has 0 saturated carbocycles. The Bertz CT molecular complexity index is 918. The third-order valence-corrected chi connectivity index (χ3v) is 6.23. The van der Waals surface area contributed by atoms with E-state index in [1.54, 1.807) is 10.9 Å². The molecule has 166 valence electrons. The van der Waals surface area contributed by atoms with Crippen LogP contribution in [0, 0.1) is 12.8 Å². The van der Waals surface area contributed by atoms with Gasteiger partial charge in [-0.25, -0.2) is 4.68 Å². The summed E-state index contributed by atoms with van der Waals surface area (Å²) in [5.41, 5.74) is 8.67. The van der Waals surface area contributed by atoms with Gasteiger partial charge >= 0.3 is 0 Å². The number of ether oxygens (including phenoxy) is 1. The van der Waals surface area contributed by atoms with Crippen molar-refractivity contribution in [2.75, 3.05) is 51.7 Å². The first-order valence-corrected chi connectivity index (χ1v) is 11.1. The summed E-state index contributed by atoms with van der Waals surface area (Å²) in [6, 6.07) is 7.83. The second-order valence-corrected chi connectivity index (χ2v) is 8.44. The number of carbonyl (C=O) groups excluding carboxylic acids is 2. The average molecular weight is 426 g/mol. The van der Waals surface area contributed by atoms with Crippen molar-refractivity contribution in [2.24, 2.45) is 5.92 Å². The number of aromatic nitrogens is 2. The van der Waals surface area contributed by atoms with Gasteiger partial charge in [0.1, 0.15) is 5.82 Å². The van der Waals surface area contributed by atoms with E-state index in [4.69, 9.17) is 10.5 Å². The van der Waals surface area contributed by atoms with Gasteiger partial charge in [0.15, 0.2) is 5.78 Å². The van der Waals surface area contributed by atoms with E-state index in [-0.39, 0.29) is 17.6 Å². The zero-order chi connectivity index (χ0) is 21.8. The molecule has 1 atom stereocenters. The van der Waals surface area contributed by atoms with Crippen molar-refractivity contribution in [2.45, 2.75) is 26.2 Å². The van der Waals surface area contributed by atoms with Crippen molar-refractivity contribution >= 4 is 17.5 Å². The van der Waals surface area contributed by atoms with E-state index in [0.717, 1.165) is 50.5 Å². The van der Waals surface area contributed by atoms with Gasteiger partial charge in [0.25, 0.3) is 0 Å². The van der Waals surface area contributed by atoms with Gasteiger partial charge in [0, 0.05) is 38.5 Å². The van der Waals surface area contributed by atoms with Crippen LogP contribution in [0.2, 0.25) is 0 Å². The van der Waals surface area contributed by atoms with Gasteiger partial charge in [0.05, 0.1) is 30.7 Å². The summed E-state index contributed by atoms with van der Waals surface area (Å²) in [5.74, 6) is 0.233. The molecule has 31 heavy (non-hydrogen) atoms. The third kappa shape index (κ3) is 4.97. The molecule has 1 unspecified atom stereocenters. The number of ketones is 1. The lowest BCUT2D eigenvalue weighted by Crippen LogP contribution is -2.37. The van der Waals surface area contributed by atoms with Crippen LogP contribution in [0.3, 0.4) is 0 Å². The molecule has 8 nitrogen and oxygen atoms in total. The number of nitrogens with zero attached hydrogens (tertiary/aromatic N) is 4. The highest BCUT2D eigenvalue weighted by molar-refractivity contribution is 6.02. The fraction of sp³-hybridized carbons (Fsp3) is 0.522. The number of morpholine rings is 1. The molecule has 1 aromatic carbocycles. The van der Waals surface area contributed by atoms with Crippen molar-refractivity contribution in [3.8, 4) is 5.69 Å². The van der Waals surface area contributed by atoms with Crippen LogP contribution in [-0.2, 0) is 9.53 Å². The molecule has 8 heteroatoms. The molecule has 2 aromatic rings. The molecule has 1 aromatic heterocycles. The fourth-order valence-corrected chi connectivity index (χ4v) is 4.30. The Morgan fingerprint density at radius 1 is 1.16 bits per heavy atom. The predicted octanol–water partition coefficient (Wildman–Crippen LogP) is 1.91. The van der Waals surface area contributed by atoms with Crippen molar-refractivity contribution in [1.29, 1.82) is 0 Å². The molecule has 2 N–H and O–H groups in total. The first-order valence-electron chi connectivity index (χ1n) is 11.1. The monoisotopic (exact) mass is 425 g/mol. The lowest BCUT2D eigenvalue weighted by Gasteiger charge is -2.26. The van der Waals surface area contributed by atoms with E-state index in [1.165, 1.54) is 0 Å². The van der Waals surface area contributed by atoms with Gasteiger partial charge in [-0.1, -0.05) is 17.7 Å². The minimum atomic E-state index is -0.221. The number of Topliss-reactive ketones (excluding diaryl/α,β-unsaturated/α-hetero) is 1. The van der Waals surface area contributed by atoms with Gasteiger partial charge < -0.3 is 15.4 Å². The van der Waals surface area contributed by atoms with Crippen molar-refractivity contribution in [3.63, 3.8) is 0 Å². The summed E-state index contributed by atoms with van der Waals surface area (Å²) in [5, 5.41) is 4.32. The zero-order valence-corrected chi connectivity index (χ0v) is 18.1. The van der Waals surface area contributed by atoms with Crippen LogP contribution in [0.25, 0.3) is 5.69 Å². The summed E-state index contributed by atoms with van der Waals surface area (Å²) in [6.45, 7) is 7.43. The molecule has 2 saturated heterocycles. The Hall–Kier alpha value is -2.71. The number of amides is 1. The Kier molecular flexibility index (Phi) is 6.67. The second-order valence-electron chi connectivity index (χ2n) is 8.44. The highest BCUT2D eigenvalue weighted by atomic mass is 16.5. The molecule has 3 heterocycles. The van der Waals surface area contributed by atoms with E-state index < -0.39 is 0 Å². The van der Waals surface area contributed by atoms with Gasteiger partial charge in [-0.3, -0.25) is 14.5 Å². The van der Waals surface area contributed by atoms with E-state index >= 15 is 0 Å². The van der Waals surface area contributed by atoms with Gasteiger partial charge in [0.2, 0.25) is 5.91 Å². The second kappa shape index (κ2) is 9.62. The Labute approximate surface area is 182 Å². The van der Waals surface area contributed by atoms with E-state index in [9.17, 15) is 9.59 Å². The number of rotatable bonds is 7. The maximum absolute atomic E-state index is 13.1. The quantitative estimate of drug-likeness (QED) is 0.681. The number of hydrogen-bond acceptors (Lipinski definition) is 6. The van der Waals surface area contributed by atoms with E-state index in [0.29, 0.717) is 37.3 Å². The van der Waals surface area contributed by atoms with Gasteiger partial charge in [-0.05, 0) is 38.4 Å². The molecule has 4 rings (SSSR count). The van der Waals surface area contributed by atoms with E-state index in [2.05, 4.69) is 10.00 Å². The molecule has 2 aliphatic rings. The van der Waals surface area contributed by atoms with Crippen LogP contribution in [-0.4, -0.2) is 77.2 Å². The smallest absolute Gasteiger partial charge is 0.222 e. The first kappa shape index (κ1) is 21.5. The number of hydrogen-bond donors (Lipinski definition) is 1. The molecule has 2 aliphatic heterocycles. The predicted molar refractivity (Wildman–Crippen MR) is 118 cm³/mol. The van der Waals surface area contributed by atoms with E-state index in [1.807, 2.05) is 36.1 Å². The Morgan fingerprint density at radius 2 is 1.90 bits per heavy atom. The average Bonchev–Trinajstić information content (AvgIpc) is 3.42. The number of nitrogen functional groups attached to an aromatic ring is 1. The molecular formula is C23H31N5O3. The maximum Gasteiger partial charge on any atom is 0.222 e. The third-order valence-electron chi connectivity index (χ3n) is 6.23. The molecule has 0 aliphatic carbocycles. The highest BCUT2D eigenvalue weighted by Crippen LogP contribution is 2.26. The fourth-order valence-electron chi connectivity index (χ4n) is 4.30.